The highest BCUT2D eigenvalue weighted by Crippen LogP contribution is 2.50. The molecule has 1 aliphatic carbocycles. The minimum Gasteiger partial charge on any atom is -0.367 e. The summed E-state index contributed by atoms with van der Waals surface area (Å²) in [6.45, 7) is 2.24. The number of anilines is 6. The molecule has 0 saturated heterocycles. The number of hydrogen-bond acceptors (Lipinski definition) is 3. The van der Waals surface area contributed by atoms with Crippen LogP contribution in [0.5, 0.6) is 0 Å². The lowest BCUT2D eigenvalue weighted by Crippen LogP contribution is -2.42. The summed E-state index contributed by atoms with van der Waals surface area (Å²) >= 11 is 0. The monoisotopic (exact) mass is 657 g/mol. The van der Waals surface area contributed by atoms with Crippen LogP contribution in [0.4, 0.5) is 34.1 Å². The third kappa shape index (κ3) is 4.96. The topological polar surface area (TPSA) is 9.72 Å². The zero-order valence-electron chi connectivity index (χ0n) is 29.0. The Morgan fingerprint density at radius 1 is 0.549 bits per heavy atom. The van der Waals surface area contributed by atoms with E-state index in [-0.39, 0.29) is 6.98 Å². The van der Waals surface area contributed by atoms with Crippen LogP contribution < -0.4 is 14.5 Å². The largest absolute Gasteiger partial charge is 0.412 e. The Balaban J connectivity index is 1.21. The quantitative estimate of drug-likeness (QED) is 0.135. The summed E-state index contributed by atoms with van der Waals surface area (Å²) in [6.07, 6.45) is 13.2. The van der Waals surface area contributed by atoms with Gasteiger partial charge in [-0.15, -0.1) is 0 Å². The lowest BCUT2D eigenvalue weighted by Gasteiger charge is -2.30. The molecule has 4 heteroatoms. The number of fused-ring (bicyclic) bond motifs is 8. The normalized spacial score (nSPS) is 15.6. The maximum Gasteiger partial charge on any atom is 0.412 e. The summed E-state index contributed by atoms with van der Waals surface area (Å²) in [5.41, 5.74) is 9.99. The van der Waals surface area contributed by atoms with Crippen molar-refractivity contribution >= 4 is 73.4 Å². The molecular formula is C47H40BN3. The molecule has 0 bridgehead atoms. The van der Waals surface area contributed by atoms with Crippen molar-refractivity contribution in [3.8, 4) is 0 Å². The molecule has 7 aromatic carbocycles. The lowest BCUT2D eigenvalue weighted by atomic mass is 9.71. The van der Waals surface area contributed by atoms with Crippen LogP contribution in [0, 0.1) is 6.92 Å². The van der Waals surface area contributed by atoms with Gasteiger partial charge in [0.15, 0.2) is 0 Å². The molecule has 0 unspecified atom stereocenters. The van der Waals surface area contributed by atoms with Crippen LogP contribution in [0.25, 0.3) is 32.3 Å². The van der Waals surface area contributed by atoms with Crippen molar-refractivity contribution in [2.75, 3.05) is 14.5 Å². The molecule has 246 valence electrons. The summed E-state index contributed by atoms with van der Waals surface area (Å²) in [4.78, 5) is 7.38. The minimum atomic E-state index is 0.0763. The molecule has 0 N–H and O–H groups in total. The van der Waals surface area contributed by atoms with Gasteiger partial charge in [-0.2, -0.15) is 0 Å². The molecule has 0 aromatic heterocycles. The van der Waals surface area contributed by atoms with Gasteiger partial charge < -0.3 is 14.5 Å². The zero-order valence-corrected chi connectivity index (χ0v) is 29.0. The SMILES string of the molecule is Cc1ccc(N(c2ccc(C3CCCCC3)cc2)c2cc3c4ccccc4c(N4B5C=CC=CN5c5ccccc54)cc3c3ccccc23)cc1. The summed E-state index contributed by atoms with van der Waals surface area (Å²) in [5, 5.41) is 7.56. The van der Waals surface area contributed by atoms with Gasteiger partial charge in [0, 0.05) is 27.8 Å². The van der Waals surface area contributed by atoms with E-state index in [1.807, 2.05) is 0 Å². The summed E-state index contributed by atoms with van der Waals surface area (Å²) in [6, 6.07) is 50.2. The molecule has 10 rings (SSSR count). The molecule has 3 aliphatic rings. The fourth-order valence-corrected chi connectivity index (χ4v) is 8.97. The van der Waals surface area contributed by atoms with Crippen molar-refractivity contribution in [3.63, 3.8) is 0 Å². The smallest absolute Gasteiger partial charge is 0.367 e. The molecule has 0 spiro atoms. The second kappa shape index (κ2) is 12.2. The van der Waals surface area contributed by atoms with E-state index in [2.05, 4.69) is 179 Å². The van der Waals surface area contributed by atoms with E-state index in [9.17, 15) is 0 Å². The molecule has 0 amide bonds. The first-order valence-corrected chi connectivity index (χ1v) is 18.6. The Morgan fingerprint density at radius 3 is 1.90 bits per heavy atom. The molecule has 0 atom stereocenters. The number of para-hydroxylation sites is 2. The van der Waals surface area contributed by atoms with Gasteiger partial charge in [0.05, 0.1) is 17.1 Å². The number of rotatable bonds is 5. The van der Waals surface area contributed by atoms with Crippen LogP contribution >= 0.6 is 0 Å². The van der Waals surface area contributed by atoms with Gasteiger partial charge >= 0.3 is 6.98 Å². The van der Waals surface area contributed by atoms with Gasteiger partial charge in [0.25, 0.3) is 0 Å². The van der Waals surface area contributed by atoms with E-state index >= 15 is 0 Å². The maximum absolute atomic E-state index is 2.52. The van der Waals surface area contributed by atoms with Gasteiger partial charge in [-0.05, 0) is 114 Å². The third-order valence-electron chi connectivity index (χ3n) is 11.5. The summed E-state index contributed by atoms with van der Waals surface area (Å²) in [5.74, 6) is 2.98. The third-order valence-corrected chi connectivity index (χ3v) is 11.5. The zero-order chi connectivity index (χ0) is 33.9. The number of hydrogen-bond donors (Lipinski definition) is 0. The Hall–Kier alpha value is -5.74. The van der Waals surface area contributed by atoms with Crippen molar-refractivity contribution < 1.29 is 0 Å². The first-order chi connectivity index (χ1) is 25.2. The summed E-state index contributed by atoms with van der Waals surface area (Å²) < 4.78 is 0. The van der Waals surface area contributed by atoms with Gasteiger partial charge in [-0.1, -0.05) is 122 Å². The number of benzene rings is 7. The van der Waals surface area contributed by atoms with Crippen LogP contribution in [0.15, 0.2) is 158 Å². The average Bonchev–Trinajstić information content (AvgIpc) is 3.53. The predicted molar refractivity (Wildman–Crippen MR) is 219 cm³/mol. The second-order valence-electron chi connectivity index (χ2n) is 14.5. The van der Waals surface area contributed by atoms with E-state index < -0.39 is 0 Å². The van der Waals surface area contributed by atoms with Crippen LogP contribution in [-0.4, -0.2) is 6.98 Å². The van der Waals surface area contributed by atoms with E-state index in [0.717, 1.165) is 0 Å². The molecule has 0 radical (unpaired) electrons. The van der Waals surface area contributed by atoms with Gasteiger partial charge in [0.2, 0.25) is 0 Å². The first-order valence-electron chi connectivity index (χ1n) is 18.6. The Kier molecular flexibility index (Phi) is 7.23. The van der Waals surface area contributed by atoms with Crippen LogP contribution in [0.3, 0.4) is 0 Å². The predicted octanol–water partition coefficient (Wildman–Crippen LogP) is 13.0. The van der Waals surface area contributed by atoms with Crippen LogP contribution in [0.1, 0.15) is 49.1 Å². The van der Waals surface area contributed by atoms with E-state index in [4.69, 9.17) is 0 Å². The lowest BCUT2D eigenvalue weighted by molar-refractivity contribution is 0.443. The first kappa shape index (κ1) is 30.1. The minimum absolute atomic E-state index is 0.0763. The van der Waals surface area contributed by atoms with Crippen molar-refractivity contribution in [3.05, 3.63) is 169 Å². The molecule has 51 heavy (non-hydrogen) atoms. The molecule has 1 saturated carbocycles. The number of allylic oxidation sites excluding steroid dienone is 2. The van der Waals surface area contributed by atoms with Crippen molar-refractivity contribution in [1.29, 1.82) is 0 Å². The van der Waals surface area contributed by atoms with Crippen molar-refractivity contribution in [2.24, 2.45) is 0 Å². The second-order valence-corrected chi connectivity index (χ2v) is 14.5. The highest BCUT2D eigenvalue weighted by atomic mass is 15.3. The molecular weight excluding hydrogens is 617 g/mol. The molecule has 2 heterocycles. The Bertz CT molecular complexity index is 2490. The van der Waals surface area contributed by atoms with Crippen molar-refractivity contribution in [1.82, 2.24) is 0 Å². The van der Waals surface area contributed by atoms with Crippen LogP contribution in [-0.2, 0) is 0 Å². The highest BCUT2D eigenvalue weighted by molar-refractivity contribution is 6.77. The number of aryl methyl sites for hydroxylation is 1. The maximum atomic E-state index is 2.52. The molecule has 1 fully saturated rings. The standard InChI is InChI=1S/C47H40BN3/c1-33-21-25-36(26-22-33)50(37-27-23-35(24-28-37)34-13-3-2-4-14-34)46-31-42-39-16-6-8-18-41(39)47(32-43(42)38-15-5-7-17-40(38)46)51-45-20-10-9-19-44(45)49-30-12-11-29-48(49)51/h5-12,15-32,34H,2-4,13-14H2,1H3. The van der Waals surface area contributed by atoms with Crippen LogP contribution in [0.2, 0.25) is 0 Å². The highest BCUT2D eigenvalue weighted by Gasteiger charge is 2.40. The molecule has 3 nitrogen and oxygen atoms in total. The van der Waals surface area contributed by atoms with Gasteiger partial charge in [-0.3, -0.25) is 0 Å². The van der Waals surface area contributed by atoms with E-state index in [1.165, 1.54) is 110 Å². The molecule has 7 aromatic rings. The average molecular weight is 658 g/mol. The molecule has 2 aliphatic heterocycles. The Labute approximate surface area is 300 Å². The van der Waals surface area contributed by atoms with Gasteiger partial charge in [-0.25, -0.2) is 0 Å². The Morgan fingerprint density at radius 2 is 1.16 bits per heavy atom. The number of nitrogens with zero attached hydrogens (tertiary/aromatic N) is 3. The van der Waals surface area contributed by atoms with Crippen molar-refractivity contribution in [2.45, 2.75) is 44.9 Å². The van der Waals surface area contributed by atoms with E-state index in [0.29, 0.717) is 5.92 Å². The fourth-order valence-electron chi connectivity index (χ4n) is 8.97. The van der Waals surface area contributed by atoms with Gasteiger partial charge in [0.1, 0.15) is 0 Å². The summed E-state index contributed by atoms with van der Waals surface area (Å²) in [7, 11) is 0. The fraction of sp³-hybridized carbons (Fsp3) is 0.149. The van der Waals surface area contributed by atoms with E-state index in [1.54, 1.807) is 0 Å².